The van der Waals surface area contributed by atoms with Crippen LogP contribution in [0, 0.1) is 0 Å². The van der Waals surface area contributed by atoms with E-state index in [1.54, 1.807) is 30.1 Å². The van der Waals surface area contributed by atoms with Crippen molar-refractivity contribution in [1.29, 1.82) is 0 Å². The van der Waals surface area contributed by atoms with Gasteiger partial charge in [0.05, 0.1) is 11.8 Å². The summed E-state index contributed by atoms with van der Waals surface area (Å²) in [5.74, 6) is -0.125. The molecule has 1 heterocycles. The van der Waals surface area contributed by atoms with Crippen molar-refractivity contribution in [2.24, 2.45) is 0 Å². The molecule has 3 aromatic rings. The zero-order valence-electron chi connectivity index (χ0n) is 13.4. The van der Waals surface area contributed by atoms with Crippen LogP contribution in [0.4, 0.5) is 0 Å². The Hall–Kier alpha value is -2.92. The van der Waals surface area contributed by atoms with Crippen molar-refractivity contribution in [3.8, 4) is 5.69 Å². The SMILES string of the molecule is COC(CNC(=O)c1ccc(-n2cccn2)cc1)c1ccccc1. The molecule has 5 nitrogen and oxygen atoms in total. The minimum Gasteiger partial charge on any atom is -0.375 e. The van der Waals surface area contributed by atoms with Gasteiger partial charge in [0.15, 0.2) is 0 Å². The summed E-state index contributed by atoms with van der Waals surface area (Å²) in [6.07, 6.45) is 3.41. The molecule has 0 aliphatic carbocycles. The summed E-state index contributed by atoms with van der Waals surface area (Å²) in [6, 6.07) is 19.0. The summed E-state index contributed by atoms with van der Waals surface area (Å²) in [4.78, 5) is 12.3. The number of nitrogens with one attached hydrogen (secondary N) is 1. The van der Waals surface area contributed by atoms with Gasteiger partial charge in [-0.05, 0) is 35.9 Å². The van der Waals surface area contributed by atoms with E-state index >= 15 is 0 Å². The highest BCUT2D eigenvalue weighted by atomic mass is 16.5. The predicted molar refractivity (Wildman–Crippen MR) is 92.1 cm³/mol. The number of hydrogen-bond acceptors (Lipinski definition) is 3. The molecule has 0 radical (unpaired) electrons. The number of rotatable bonds is 6. The third-order valence-corrected chi connectivity index (χ3v) is 3.80. The van der Waals surface area contributed by atoms with Crippen LogP contribution in [0.15, 0.2) is 73.1 Å². The summed E-state index contributed by atoms with van der Waals surface area (Å²) in [6.45, 7) is 0.417. The van der Waals surface area contributed by atoms with Crippen LogP contribution in [0.1, 0.15) is 22.0 Å². The van der Waals surface area contributed by atoms with Crippen LogP contribution >= 0.6 is 0 Å². The fraction of sp³-hybridized carbons (Fsp3) is 0.158. The molecular formula is C19H19N3O2. The molecule has 0 aliphatic heterocycles. The van der Waals surface area contributed by atoms with E-state index in [1.165, 1.54) is 0 Å². The van der Waals surface area contributed by atoms with E-state index in [0.717, 1.165) is 11.3 Å². The summed E-state index contributed by atoms with van der Waals surface area (Å²) < 4.78 is 7.21. The van der Waals surface area contributed by atoms with Gasteiger partial charge in [0.25, 0.3) is 5.91 Å². The highest BCUT2D eigenvalue weighted by molar-refractivity contribution is 5.94. The Kier molecular flexibility index (Phi) is 5.03. The van der Waals surface area contributed by atoms with Gasteiger partial charge in [-0.25, -0.2) is 4.68 Å². The lowest BCUT2D eigenvalue weighted by atomic mass is 10.1. The molecule has 122 valence electrons. The van der Waals surface area contributed by atoms with Gasteiger partial charge in [-0.1, -0.05) is 30.3 Å². The quantitative estimate of drug-likeness (QED) is 0.759. The van der Waals surface area contributed by atoms with Gasteiger partial charge in [-0.15, -0.1) is 0 Å². The van der Waals surface area contributed by atoms with Crippen LogP contribution in [-0.2, 0) is 4.74 Å². The molecule has 1 atom stereocenters. The van der Waals surface area contributed by atoms with Gasteiger partial charge in [0.1, 0.15) is 0 Å². The minimum absolute atomic E-state index is 0.125. The number of nitrogens with zero attached hydrogens (tertiary/aromatic N) is 2. The van der Waals surface area contributed by atoms with Crippen molar-refractivity contribution in [3.05, 3.63) is 84.2 Å². The Bertz CT molecular complexity index is 768. The van der Waals surface area contributed by atoms with E-state index in [-0.39, 0.29) is 12.0 Å². The third-order valence-electron chi connectivity index (χ3n) is 3.80. The van der Waals surface area contributed by atoms with E-state index in [0.29, 0.717) is 12.1 Å². The highest BCUT2D eigenvalue weighted by Crippen LogP contribution is 2.15. The monoisotopic (exact) mass is 321 g/mol. The van der Waals surface area contributed by atoms with Crippen molar-refractivity contribution < 1.29 is 9.53 Å². The Balaban J connectivity index is 1.62. The Labute approximate surface area is 140 Å². The van der Waals surface area contributed by atoms with Crippen LogP contribution < -0.4 is 5.32 Å². The number of carbonyl (C=O) groups excluding carboxylic acids is 1. The second kappa shape index (κ2) is 7.57. The Morgan fingerprint density at radius 1 is 1.12 bits per heavy atom. The summed E-state index contributed by atoms with van der Waals surface area (Å²) in [5, 5.41) is 7.08. The first-order valence-corrected chi connectivity index (χ1v) is 7.74. The fourth-order valence-corrected chi connectivity index (χ4v) is 2.48. The number of hydrogen-bond donors (Lipinski definition) is 1. The van der Waals surface area contributed by atoms with E-state index in [4.69, 9.17) is 4.74 Å². The van der Waals surface area contributed by atoms with Crippen LogP contribution in [0.2, 0.25) is 0 Å². The molecule has 0 aliphatic rings. The number of aromatic nitrogens is 2. The van der Waals surface area contributed by atoms with Crippen molar-refractivity contribution >= 4 is 5.91 Å². The lowest BCUT2D eigenvalue weighted by Gasteiger charge is -2.16. The van der Waals surface area contributed by atoms with Crippen molar-refractivity contribution in [1.82, 2.24) is 15.1 Å². The number of amides is 1. The van der Waals surface area contributed by atoms with Gasteiger partial charge in [0, 0.05) is 31.6 Å². The molecule has 0 saturated carbocycles. The fourth-order valence-electron chi connectivity index (χ4n) is 2.48. The molecule has 0 fully saturated rings. The average Bonchev–Trinajstić information content (AvgIpc) is 3.18. The molecule has 0 saturated heterocycles. The Morgan fingerprint density at radius 2 is 1.88 bits per heavy atom. The van der Waals surface area contributed by atoms with E-state index < -0.39 is 0 Å². The van der Waals surface area contributed by atoms with Crippen LogP contribution in [0.3, 0.4) is 0 Å². The summed E-state index contributed by atoms with van der Waals surface area (Å²) >= 11 is 0. The van der Waals surface area contributed by atoms with Crippen LogP contribution in [-0.4, -0.2) is 29.3 Å². The molecular weight excluding hydrogens is 302 g/mol. The molecule has 5 heteroatoms. The zero-order chi connectivity index (χ0) is 16.8. The minimum atomic E-state index is -0.168. The molecule has 1 aromatic heterocycles. The second-order valence-corrected chi connectivity index (χ2v) is 5.34. The van der Waals surface area contributed by atoms with Crippen molar-refractivity contribution in [2.75, 3.05) is 13.7 Å². The summed E-state index contributed by atoms with van der Waals surface area (Å²) in [5.41, 5.74) is 2.55. The maximum atomic E-state index is 12.3. The van der Waals surface area contributed by atoms with Gasteiger partial charge < -0.3 is 10.1 Å². The third kappa shape index (κ3) is 3.70. The first kappa shape index (κ1) is 16.0. The predicted octanol–water partition coefficient (Wildman–Crippen LogP) is 2.99. The summed E-state index contributed by atoms with van der Waals surface area (Å²) in [7, 11) is 1.64. The Morgan fingerprint density at radius 3 is 2.50 bits per heavy atom. The first-order valence-electron chi connectivity index (χ1n) is 7.74. The molecule has 1 N–H and O–H groups in total. The van der Waals surface area contributed by atoms with E-state index in [2.05, 4.69) is 10.4 Å². The highest BCUT2D eigenvalue weighted by Gasteiger charge is 2.12. The lowest BCUT2D eigenvalue weighted by Crippen LogP contribution is -2.29. The molecule has 1 amide bonds. The number of ether oxygens (including phenoxy) is 1. The second-order valence-electron chi connectivity index (χ2n) is 5.34. The van der Waals surface area contributed by atoms with E-state index in [1.807, 2.05) is 54.7 Å². The lowest BCUT2D eigenvalue weighted by molar-refractivity contribution is 0.0828. The molecule has 3 rings (SSSR count). The maximum Gasteiger partial charge on any atom is 0.251 e. The molecule has 0 spiro atoms. The van der Waals surface area contributed by atoms with Gasteiger partial charge in [-0.2, -0.15) is 5.10 Å². The first-order chi connectivity index (χ1) is 11.8. The topological polar surface area (TPSA) is 56.1 Å². The standard InChI is InChI=1S/C19H19N3O2/c1-24-18(15-6-3-2-4-7-15)14-20-19(23)16-8-10-17(11-9-16)22-13-5-12-21-22/h2-13,18H,14H2,1H3,(H,20,23). The van der Waals surface area contributed by atoms with Crippen LogP contribution in [0.5, 0.6) is 0 Å². The smallest absolute Gasteiger partial charge is 0.251 e. The molecule has 1 unspecified atom stereocenters. The number of carbonyl (C=O) groups is 1. The van der Waals surface area contributed by atoms with E-state index in [9.17, 15) is 4.79 Å². The van der Waals surface area contributed by atoms with Gasteiger partial charge in [-0.3, -0.25) is 4.79 Å². The average molecular weight is 321 g/mol. The van der Waals surface area contributed by atoms with Gasteiger partial charge in [0.2, 0.25) is 0 Å². The zero-order valence-corrected chi connectivity index (χ0v) is 13.4. The number of methoxy groups -OCH3 is 1. The molecule has 2 aromatic carbocycles. The molecule has 24 heavy (non-hydrogen) atoms. The number of benzene rings is 2. The molecule has 0 bridgehead atoms. The van der Waals surface area contributed by atoms with Crippen molar-refractivity contribution in [3.63, 3.8) is 0 Å². The maximum absolute atomic E-state index is 12.3. The van der Waals surface area contributed by atoms with Gasteiger partial charge >= 0.3 is 0 Å². The van der Waals surface area contributed by atoms with Crippen molar-refractivity contribution in [2.45, 2.75) is 6.10 Å². The normalized spacial score (nSPS) is 11.9. The largest absolute Gasteiger partial charge is 0.375 e. The van der Waals surface area contributed by atoms with Crippen LogP contribution in [0.25, 0.3) is 5.69 Å².